The van der Waals surface area contributed by atoms with E-state index in [1.54, 1.807) is 0 Å². The molecule has 0 bridgehead atoms. The third-order valence-electron chi connectivity index (χ3n) is 3.55. The number of terminal acetylenes is 1. The van der Waals surface area contributed by atoms with E-state index in [2.05, 4.69) is 16.1 Å². The van der Waals surface area contributed by atoms with Gasteiger partial charge in [0.25, 0.3) is 0 Å². The second-order valence-corrected chi connectivity index (χ2v) is 4.78. The van der Waals surface area contributed by atoms with E-state index in [0.717, 1.165) is 19.4 Å². The number of nitrogens with zero attached hydrogens (tertiary/aromatic N) is 1. The molecule has 0 aliphatic carbocycles. The van der Waals surface area contributed by atoms with Crippen LogP contribution in [0.1, 0.15) is 19.8 Å². The fourth-order valence-electron chi connectivity index (χ4n) is 2.53. The van der Waals surface area contributed by atoms with Gasteiger partial charge in [0.2, 0.25) is 5.91 Å². The Kier molecular flexibility index (Phi) is 4.23. The molecule has 0 radical (unpaired) electrons. The summed E-state index contributed by atoms with van der Waals surface area (Å²) in [6, 6.07) is -0.205. The molecule has 0 aromatic rings. The van der Waals surface area contributed by atoms with E-state index < -0.39 is 5.79 Å². The van der Waals surface area contributed by atoms with Gasteiger partial charge in [0.1, 0.15) is 0 Å². The quantitative estimate of drug-likeness (QED) is 0.716. The molecule has 1 atom stereocenters. The Labute approximate surface area is 108 Å². The van der Waals surface area contributed by atoms with Crippen molar-refractivity contribution in [3.05, 3.63) is 0 Å². The average molecular weight is 252 g/mol. The van der Waals surface area contributed by atoms with Crippen LogP contribution in [0.15, 0.2) is 0 Å². The molecule has 1 unspecified atom stereocenters. The fraction of sp³-hybridized carbons (Fsp3) is 0.769. The van der Waals surface area contributed by atoms with E-state index in [0.29, 0.717) is 19.8 Å². The van der Waals surface area contributed by atoms with E-state index in [4.69, 9.17) is 15.9 Å². The average Bonchev–Trinajstić information content (AvgIpc) is 2.83. The number of carbonyl (C=O) groups is 1. The topological polar surface area (TPSA) is 50.8 Å². The first kappa shape index (κ1) is 13.3. The molecule has 18 heavy (non-hydrogen) atoms. The summed E-state index contributed by atoms with van der Waals surface area (Å²) in [6.07, 6.45) is 7.02. The summed E-state index contributed by atoms with van der Waals surface area (Å²) in [5.41, 5.74) is 0. The summed E-state index contributed by atoms with van der Waals surface area (Å²) < 4.78 is 11.4. The van der Waals surface area contributed by atoms with Crippen molar-refractivity contribution in [2.45, 2.75) is 31.6 Å². The number of carbonyl (C=O) groups excluding carboxylic acids is 1. The summed E-state index contributed by atoms with van der Waals surface area (Å²) in [7, 11) is 0. The summed E-state index contributed by atoms with van der Waals surface area (Å²) in [4.78, 5) is 14.0. The van der Waals surface area contributed by atoms with Crippen molar-refractivity contribution in [2.24, 2.45) is 0 Å². The van der Waals surface area contributed by atoms with Gasteiger partial charge in [0, 0.05) is 6.42 Å². The minimum absolute atomic E-state index is 0.0389. The Morgan fingerprint density at radius 2 is 2.28 bits per heavy atom. The highest BCUT2D eigenvalue weighted by atomic mass is 16.7. The van der Waals surface area contributed by atoms with Crippen molar-refractivity contribution in [2.75, 3.05) is 32.8 Å². The maximum Gasteiger partial charge on any atom is 0.237 e. The lowest BCUT2D eigenvalue weighted by Gasteiger charge is -2.40. The summed E-state index contributed by atoms with van der Waals surface area (Å²) in [6.45, 7) is 4.99. The maximum atomic E-state index is 11.9. The van der Waals surface area contributed by atoms with Crippen molar-refractivity contribution < 1.29 is 14.3 Å². The van der Waals surface area contributed by atoms with Gasteiger partial charge in [-0.3, -0.25) is 9.69 Å². The van der Waals surface area contributed by atoms with Gasteiger partial charge in [-0.2, -0.15) is 0 Å². The van der Waals surface area contributed by atoms with Crippen molar-refractivity contribution in [3.63, 3.8) is 0 Å². The van der Waals surface area contributed by atoms with Crippen LogP contribution in [0.5, 0.6) is 0 Å². The van der Waals surface area contributed by atoms with E-state index in [1.807, 2.05) is 6.92 Å². The molecule has 2 fully saturated rings. The lowest BCUT2D eigenvalue weighted by Crippen LogP contribution is -2.55. The zero-order chi connectivity index (χ0) is 13.0. The number of hydrogen-bond acceptors (Lipinski definition) is 4. The predicted octanol–water partition coefficient (Wildman–Crippen LogP) is -0.0368. The third kappa shape index (κ3) is 2.83. The van der Waals surface area contributed by atoms with Crippen molar-refractivity contribution >= 4 is 5.91 Å². The van der Waals surface area contributed by atoms with E-state index in [9.17, 15) is 4.79 Å². The lowest BCUT2D eigenvalue weighted by atomic mass is 10.0. The van der Waals surface area contributed by atoms with Gasteiger partial charge >= 0.3 is 0 Å². The van der Waals surface area contributed by atoms with Crippen LogP contribution in [-0.4, -0.2) is 55.5 Å². The largest absolute Gasteiger partial charge is 0.346 e. The molecule has 1 N–H and O–H groups in total. The normalized spacial score (nSPS) is 24.7. The Hall–Kier alpha value is -1.09. The maximum absolute atomic E-state index is 11.9. The first-order valence-electron chi connectivity index (χ1n) is 6.40. The van der Waals surface area contributed by atoms with Crippen LogP contribution in [0.4, 0.5) is 0 Å². The van der Waals surface area contributed by atoms with Crippen LogP contribution < -0.4 is 5.32 Å². The summed E-state index contributed by atoms with van der Waals surface area (Å²) in [5.74, 6) is 1.88. The summed E-state index contributed by atoms with van der Waals surface area (Å²) >= 11 is 0. The Balaban J connectivity index is 1.92. The molecule has 0 aromatic heterocycles. The Morgan fingerprint density at radius 3 is 2.94 bits per heavy atom. The smallest absolute Gasteiger partial charge is 0.237 e. The van der Waals surface area contributed by atoms with Gasteiger partial charge in [-0.05, 0) is 19.9 Å². The second-order valence-electron chi connectivity index (χ2n) is 4.78. The van der Waals surface area contributed by atoms with Crippen molar-refractivity contribution in [1.29, 1.82) is 0 Å². The number of amides is 1. The standard InChI is InChI=1S/C13H20N2O3/c1-3-6-14-12(16)11(2)15-7-4-5-13(10-15)17-8-9-18-13/h1,11H,4-10H2,2H3,(H,14,16). The number of piperidine rings is 1. The van der Waals surface area contributed by atoms with Crippen LogP contribution in [0.2, 0.25) is 0 Å². The molecule has 0 aromatic carbocycles. The van der Waals surface area contributed by atoms with E-state index in [-0.39, 0.29) is 18.5 Å². The van der Waals surface area contributed by atoms with Gasteiger partial charge in [0.05, 0.1) is 32.3 Å². The Morgan fingerprint density at radius 1 is 1.56 bits per heavy atom. The molecule has 2 aliphatic heterocycles. The number of nitrogens with one attached hydrogen (secondary N) is 1. The van der Waals surface area contributed by atoms with Crippen LogP contribution in [0.25, 0.3) is 0 Å². The summed E-state index contributed by atoms with van der Waals surface area (Å²) in [5, 5.41) is 2.71. The molecule has 1 amide bonds. The van der Waals surface area contributed by atoms with Crippen LogP contribution in [0.3, 0.4) is 0 Å². The minimum atomic E-state index is -0.487. The molecular formula is C13H20N2O3. The minimum Gasteiger partial charge on any atom is -0.346 e. The molecular weight excluding hydrogens is 232 g/mol. The highest BCUT2D eigenvalue weighted by Gasteiger charge is 2.42. The number of hydrogen-bond donors (Lipinski definition) is 1. The van der Waals surface area contributed by atoms with E-state index in [1.165, 1.54) is 0 Å². The van der Waals surface area contributed by atoms with Gasteiger partial charge in [-0.1, -0.05) is 5.92 Å². The van der Waals surface area contributed by atoms with Crippen molar-refractivity contribution in [1.82, 2.24) is 10.2 Å². The number of ether oxygens (including phenoxy) is 2. The van der Waals surface area contributed by atoms with Gasteiger partial charge in [0.15, 0.2) is 5.79 Å². The molecule has 2 aliphatic rings. The third-order valence-corrected chi connectivity index (χ3v) is 3.55. The van der Waals surface area contributed by atoms with Gasteiger partial charge in [-0.25, -0.2) is 0 Å². The molecule has 5 nitrogen and oxygen atoms in total. The lowest BCUT2D eigenvalue weighted by molar-refractivity contribution is -0.193. The molecule has 5 heteroatoms. The zero-order valence-corrected chi connectivity index (χ0v) is 10.8. The predicted molar refractivity (Wildman–Crippen MR) is 66.7 cm³/mol. The molecule has 2 saturated heterocycles. The molecule has 2 rings (SSSR count). The van der Waals surface area contributed by atoms with Gasteiger partial charge in [-0.15, -0.1) is 6.42 Å². The van der Waals surface area contributed by atoms with Crippen LogP contribution in [-0.2, 0) is 14.3 Å². The van der Waals surface area contributed by atoms with Gasteiger partial charge < -0.3 is 14.8 Å². The van der Waals surface area contributed by atoms with E-state index >= 15 is 0 Å². The molecule has 1 spiro atoms. The van der Waals surface area contributed by atoms with Crippen LogP contribution >= 0.6 is 0 Å². The Bertz CT molecular complexity index is 345. The first-order chi connectivity index (χ1) is 8.67. The zero-order valence-electron chi connectivity index (χ0n) is 10.8. The highest BCUT2D eigenvalue weighted by Crippen LogP contribution is 2.30. The molecule has 0 saturated carbocycles. The monoisotopic (exact) mass is 252 g/mol. The first-order valence-corrected chi connectivity index (χ1v) is 6.40. The molecule has 2 heterocycles. The number of rotatable bonds is 3. The van der Waals surface area contributed by atoms with Crippen molar-refractivity contribution in [3.8, 4) is 12.3 Å². The van der Waals surface area contributed by atoms with Crippen LogP contribution in [0, 0.1) is 12.3 Å². The fourth-order valence-corrected chi connectivity index (χ4v) is 2.53. The number of likely N-dealkylation sites (tertiary alicyclic amines) is 1. The highest BCUT2D eigenvalue weighted by molar-refractivity contribution is 5.81. The second kappa shape index (κ2) is 5.70. The SMILES string of the molecule is C#CCNC(=O)C(C)N1CCCC2(C1)OCCO2. The molecule has 100 valence electrons.